The molecule has 2 rings (SSSR count). The van der Waals surface area contributed by atoms with Crippen LogP contribution in [0.4, 0.5) is 0 Å². The summed E-state index contributed by atoms with van der Waals surface area (Å²) in [6.45, 7) is 5.05. The van der Waals surface area contributed by atoms with Crippen LogP contribution in [0.5, 0.6) is 0 Å². The van der Waals surface area contributed by atoms with Crippen molar-refractivity contribution < 1.29 is 13.2 Å². The summed E-state index contributed by atoms with van der Waals surface area (Å²) in [7, 11) is -0.694. The summed E-state index contributed by atoms with van der Waals surface area (Å²) in [4.78, 5) is 12.5. The number of sulfonamides is 1. The van der Waals surface area contributed by atoms with Gasteiger partial charge in [0, 0.05) is 19.1 Å². The van der Waals surface area contributed by atoms with Crippen molar-refractivity contribution in [2.24, 2.45) is 0 Å². The SMILES string of the molecule is Cc1nn(CC(=O)N[C@H](C)c2cccc(Cl)c2)c(C)c1S(=O)(=O)N(C)C. The first kappa shape index (κ1) is 20.4. The molecule has 7 nitrogen and oxygen atoms in total. The van der Waals surface area contributed by atoms with E-state index in [0.717, 1.165) is 9.87 Å². The molecule has 26 heavy (non-hydrogen) atoms. The van der Waals surface area contributed by atoms with E-state index < -0.39 is 10.0 Å². The van der Waals surface area contributed by atoms with Crippen LogP contribution in [-0.4, -0.2) is 42.5 Å². The molecule has 1 amide bonds. The summed E-state index contributed by atoms with van der Waals surface area (Å²) < 4.78 is 27.4. The molecule has 1 N–H and O–H groups in total. The molecule has 1 atom stereocenters. The van der Waals surface area contributed by atoms with Gasteiger partial charge in [0.05, 0.1) is 17.4 Å². The van der Waals surface area contributed by atoms with Gasteiger partial charge < -0.3 is 5.32 Å². The molecule has 0 unspecified atom stereocenters. The second-order valence-electron chi connectivity index (χ2n) is 6.29. The third-order valence-corrected chi connectivity index (χ3v) is 6.38. The van der Waals surface area contributed by atoms with Gasteiger partial charge in [-0.3, -0.25) is 9.48 Å². The molecule has 1 heterocycles. The predicted octanol–water partition coefficient (Wildman–Crippen LogP) is 2.28. The number of carbonyl (C=O) groups is 1. The number of benzene rings is 1. The van der Waals surface area contributed by atoms with Gasteiger partial charge >= 0.3 is 0 Å². The van der Waals surface area contributed by atoms with E-state index in [9.17, 15) is 13.2 Å². The maximum absolute atomic E-state index is 12.4. The standard InChI is InChI=1S/C17H23ClN4O3S/c1-11(14-7-6-8-15(18)9-14)19-16(23)10-22-13(3)17(12(2)20-22)26(24,25)21(4)5/h6-9,11H,10H2,1-5H3,(H,19,23)/t11-/m1/s1. The Balaban J connectivity index is 2.18. The summed E-state index contributed by atoms with van der Waals surface area (Å²) in [6.07, 6.45) is 0. The highest BCUT2D eigenvalue weighted by molar-refractivity contribution is 7.89. The number of nitrogens with zero attached hydrogens (tertiary/aromatic N) is 3. The van der Waals surface area contributed by atoms with Gasteiger partial charge in [-0.2, -0.15) is 5.10 Å². The summed E-state index contributed by atoms with van der Waals surface area (Å²) in [6, 6.07) is 7.02. The van der Waals surface area contributed by atoms with Crippen LogP contribution in [0.25, 0.3) is 0 Å². The van der Waals surface area contributed by atoms with Crippen LogP contribution in [0.2, 0.25) is 5.02 Å². The number of aryl methyl sites for hydroxylation is 1. The van der Waals surface area contributed by atoms with Gasteiger partial charge in [-0.15, -0.1) is 0 Å². The van der Waals surface area contributed by atoms with Gasteiger partial charge in [0.2, 0.25) is 15.9 Å². The highest BCUT2D eigenvalue weighted by Crippen LogP contribution is 2.22. The summed E-state index contributed by atoms with van der Waals surface area (Å²) in [5.74, 6) is -0.267. The van der Waals surface area contributed by atoms with E-state index in [1.54, 1.807) is 26.0 Å². The largest absolute Gasteiger partial charge is 0.348 e. The highest BCUT2D eigenvalue weighted by atomic mass is 35.5. The fourth-order valence-corrected chi connectivity index (χ4v) is 4.13. The zero-order chi connectivity index (χ0) is 19.6. The third kappa shape index (κ3) is 4.25. The lowest BCUT2D eigenvalue weighted by molar-refractivity contribution is -0.122. The second kappa shape index (κ2) is 7.77. The average molecular weight is 399 g/mol. The quantitative estimate of drug-likeness (QED) is 0.809. The van der Waals surface area contributed by atoms with Crippen molar-refractivity contribution in [2.45, 2.75) is 38.3 Å². The van der Waals surface area contributed by atoms with E-state index in [1.807, 2.05) is 19.1 Å². The van der Waals surface area contributed by atoms with Crippen molar-refractivity contribution in [3.05, 3.63) is 46.2 Å². The molecule has 0 bridgehead atoms. The van der Waals surface area contributed by atoms with Gasteiger partial charge in [0.15, 0.2) is 0 Å². The van der Waals surface area contributed by atoms with Gasteiger partial charge in [0.25, 0.3) is 0 Å². The average Bonchev–Trinajstić information content (AvgIpc) is 2.81. The molecule has 0 saturated heterocycles. The van der Waals surface area contributed by atoms with Gasteiger partial charge in [0.1, 0.15) is 11.4 Å². The minimum atomic E-state index is -3.62. The Bertz CT molecular complexity index is 922. The van der Waals surface area contributed by atoms with Crippen LogP contribution >= 0.6 is 11.6 Å². The lowest BCUT2D eigenvalue weighted by atomic mass is 10.1. The van der Waals surface area contributed by atoms with Crippen molar-refractivity contribution in [1.82, 2.24) is 19.4 Å². The van der Waals surface area contributed by atoms with E-state index in [1.165, 1.54) is 18.8 Å². The first-order chi connectivity index (χ1) is 12.0. The summed E-state index contributed by atoms with van der Waals surface area (Å²) in [5, 5.41) is 7.69. The van der Waals surface area contributed by atoms with Crippen LogP contribution in [0.15, 0.2) is 29.2 Å². The van der Waals surface area contributed by atoms with Gasteiger partial charge in [-0.1, -0.05) is 23.7 Å². The van der Waals surface area contributed by atoms with Crippen molar-refractivity contribution in [2.75, 3.05) is 14.1 Å². The Morgan fingerprint density at radius 1 is 1.35 bits per heavy atom. The lowest BCUT2D eigenvalue weighted by Gasteiger charge is -2.15. The number of hydrogen-bond acceptors (Lipinski definition) is 4. The molecule has 0 fully saturated rings. The van der Waals surface area contributed by atoms with E-state index in [0.29, 0.717) is 16.4 Å². The molecule has 0 aliphatic heterocycles. The number of nitrogens with one attached hydrogen (secondary N) is 1. The summed E-state index contributed by atoms with van der Waals surface area (Å²) in [5.41, 5.74) is 1.68. The molecule has 2 aromatic rings. The fraction of sp³-hybridized carbons (Fsp3) is 0.412. The maximum Gasteiger partial charge on any atom is 0.246 e. The molecule has 0 saturated carbocycles. The molecule has 0 spiro atoms. The number of aromatic nitrogens is 2. The zero-order valence-corrected chi connectivity index (χ0v) is 17.0. The Hall–Kier alpha value is -1.90. The number of rotatable bonds is 6. The zero-order valence-electron chi connectivity index (χ0n) is 15.4. The molecule has 1 aromatic heterocycles. The highest BCUT2D eigenvalue weighted by Gasteiger charge is 2.27. The molecular formula is C17H23ClN4O3S. The van der Waals surface area contributed by atoms with Crippen molar-refractivity contribution in [3.63, 3.8) is 0 Å². The van der Waals surface area contributed by atoms with Crippen LogP contribution in [0, 0.1) is 13.8 Å². The Morgan fingerprint density at radius 2 is 2.00 bits per heavy atom. The van der Waals surface area contributed by atoms with Crippen LogP contribution in [0.1, 0.15) is 29.9 Å². The Labute approximate surface area is 159 Å². The smallest absolute Gasteiger partial charge is 0.246 e. The molecule has 0 radical (unpaired) electrons. The van der Waals surface area contributed by atoms with Gasteiger partial charge in [-0.25, -0.2) is 12.7 Å². The lowest BCUT2D eigenvalue weighted by Crippen LogP contribution is -2.31. The van der Waals surface area contributed by atoms with E-state index in [2.05, 4.69) is 10.4 Å². The number of hydrogen-bond donors (Lipinski definition) is 1. The molecule has 0 aliphatic rings. The van der Waals surface area contributed by atoms with E-state index in [-0.39, 0.29) is 23.4 Å². The van der Waals surface area contributed by atoms with E-state index in [4.69, 9.17) is 11.6 Å². The molecule has 1 aromatic carbocycles. The van der Waals surface area contributed by atoms with E-state index >= 15 is 0 Å². The number of halogens is 1. The minimum absolute atomic E-state index is 0.0689. The molecule has 0 aliphatic carbocycles. The van der Waals surface area contributed by atoms with Crippen molar-refractivity contribution in [3.8, 4) is 0 Å². The van der Waals surface area contributed by atoms with Crippen LogP contribution in [-0.2, 0) is 21.4 Å². The Morgan fingerprint density at radius 3 is 2.58 bits per heavy atom. The monoisotopic (exact) mass is 398 g/mol. The normalized spacial score (nSPS) is 13.0. The van der Waals surface area contributed by atoms with Crippen LogP contribution in [0.3, 0.4) is 0 Å². The minimum Gasteiger partial charge on any atom is -0.348 e. The van der Waals surface area contributed by atoms with Crippen molar-refractivity contribution in [1.29, 1.82) is 0 Å². The summed E-state index contributed by atoms with van der Waals surface area (Å²) >= 11 is 5.98. The maximum atomic E-state index is 12.4. The van der Waals surface area contributed by atoms with Gasteiger partial charge in [-0.05, 0) is 38.5 Å². The third-order valence-electron chi connectivity index (χ3n) is 4.07. The first-order valence-corrected chi connectivity index (χ1v) is 9.87. The number of carbonyl (C=O) groups excluding carboxylic acids is 1. The Kier molecular flexibility index (Phi) is 6.10. The molecule has 142 valence electrons. The predicted molar refractivity (Wildman–Crippen MR) is 101 cm³/mol. The molecular weight excluding hydrogens is 376 g/mol. The van der Waals surface area contributed by atoms with Crippen LogP contribution < -0.4 is 5.32 Å². The van der Waals surface area contributed by atoms with Crippen molar-refractivity contribution >= 4 is 27.5 Å². The fourth-order valence-electron chi connectivity index (χ4n) is 2.67. The second-order valence-corrected chi connectivity index (χ2v) is 8.81. The number of amides is 1. The first-order valence-electron chi connectivity index (χ1n) is 8.05. The molecule has 9 heteroatoms. The topological polar surface area (TPSA) is 84.3 Å².